The molecule has 1 saturated carbocycles. The van der Waals surface area contributed by atoms with Gasteiger partial charge in [-0.3, -0.25) is 4.90 Å². The van der Waals surface area contributed by atoms with Crippen LogP contribution in [-0.4, -0.2) is 55.7 Å². The van der Waals surface area contributed by atoms with Crippen molar-refractivity contribution in [2.45, 2.75) is 63.5 Å². The van der Waals surface area contributed by atoms with Crippen LogP contribution in [0, 0.1) is 17.8 Å². The third kappa shape index (κ3) is 6.64. The highest BCUT2D eigenvalue weighted by molar-refractivity contribution is 7.08. The van der Waals surface area contributed by atoms with Gasteiger partial charge in [0.05, 0.1) is 6.10 Å². The van der Waals surface area contributed by atoms with Crippen LogP contribution in [0.3, 0.4) is 0 Å². The van der Waals surface area contributed by atoms with Crippen molar-refractivity contribution >= 4 is 34.5 Å². The van der Waals surface area contributed by atoms with Crippen LogP contribution in [0.2, 0.25) is 10.0 Å². The molecule has 3 unspecified atom stereocenters. The predicted octanol–water partition coefficient (Wildman–Crippen LogP) is 7.58. The molecular weight excluding hydrogens is 495 g/mol. The van der Waals surface area contributed by atoms with Crippen LogP contribution in [-0.2, 0) is 11.3 Å². The average Bonchev–Trinajstić information content (AvgIpc) is 3.63. The highest BCUT2D eigenvalue weighted by Crippen LogP contribution is 2.38. The molecule has 5 rings (SSSR count). The lowest BCUT2D eigenvalue weighted by atomic mass is 9.85. The Morgan fingerprint density at radius 3 is 2.51 bits per heavy atom. The first-order chi connectivity index (χ1) is 17.1. The summed E-state index contributed by atoms with van der Waals surface area (Å²) in [7, 11) is 1.94. The summed E-state index contributed by atoms with van der Waals surface area (Å²) in [4.78, 5) is 5.34. The topological polar surface area (TPSA) is 15.7 Å². The molecule has 1 aliphatic carbocycles. The minimum Gasteiger partial charge on any atom is -0.381 e. The molecule has 3 atom stereocenters. The summed E-state index contributed by atoms with van der Waals surface area (Å²) in [5, 5.41) is 6.07. The zero-order valence-corrected chi connectivity index (χ0v) is 23.3. The van der Waals surface area contributed by atoms with E-state index in [1.165, 1.54) is 75.7 Å². The Hall–Kier alpha value is -0.620. The number of piperidine rings is 1. The van der Waals surface area contributed by atoms with Crippen molar-refractivity contribution in [3.8, 4) is 0 Å². The van der Waals surface area contributed by atoms with Crippen LogP contribution >= 0.6 is 34.5 Å². The SMILES string of the molecule is COC(CC1CCN(CC2CN(Cc3ccc(Cl)cc3Cl)CC2c2ccsc2)CC1)C1CCCC1. The van der Waals surface area contributed by atoms with Crippen molar-refractivity contribution in [1.82, 2.24) is 9.80 Å². The van der Waals surface area contributed by atoms with E-state index in [2.05, 4.69) is 32.7 Å². The van der Waals surface area contributed by atoms with Crippen LogP contribution in [0.15, 0.2) is 35.0 Å². The lowest BCUT2D eigenvalue weighted by Crippen LogP contribution is -2.39. The zero-order chi connectivity index (χ0) is 24.2. The van der Waals surface area contributed by atoms with Gasteiger partial charge in [0.1, 0.15) is 0 Å². The van der Waals surface area contributed by atoms with E-state index >= 15 is 0 Å². The molecule has 2 aliphatic heterocycles. The van der Waals surface area contributed by atoms with Crippen molar-refractivity contribution < 1.29 is 4.74 Å². The van der Waals surface area contributed by atoms with E-state index < -0.39 is 0 Å². The smallest absolute Gasteiger partial charge is 0.0602 e. The molecule has 1 aromatic carbocycles. The number of ether oxygens (including phenoxy) is 1. The lowest BCUT2D eigenvalue weighted by Gasteiger charge is -2.36. The highest BCUT2D eigenvalue weighted by Gasteiger charge is 2.36. The Morgan fingerprint density at radius 1 is 1.03 bits per heavy atom. The Labute approximate surface area is 225 Å². The van der Waals surface area contributed by atoms with Crippen LogP contribution in [0.25, 0.3) is 0 Å². The summed E-state index contributed by atoms with van der Waals surface area (Å²) >= 11 is 14.5. The molecule has 3 heterocycles. The second-order valence-electron chi connectivity index (χ2n) is 11.2. The van der Waals surface area contributed by atoms with Gasteiger partial charge in [-0.15, -0.1) is 0 Å². The molecule has 6 heteroatoms. The molecular formula is C29H40Cl2N2OS. The van der Waals surface area contributed by atoms with Gasteiger partial charge in [0.2, 0.25) is 0 Å². The van der Waals surface area contributed by atoms with Crippen LogP contribution in [0.1, 0.15) is 62.0 Å². The number of rotatable bonds is 9. The van der Waals surface area contributed by atoms with E-state index in [1.54, 1.807) is 0 Å². The van der Waals surface area contributed by atoms with Gasteiger partial charge in [0, 0.05) is 49.3 Å². The Morgan fingerprint density at radius 2 is 1.83 bits per heavy atom. The first-order valence-electron chi connectivity index (χ1n) is 13.5. The Balaban J connectivity index is 1.16. The molecule has 3 nitrogen and oxygen atoms in total. The van der Waals surface area contributed by atoms with E-state index in [-0.39, 0.29) is 0 Å². The van der Waals surface area contributed by atoms with Crippen molar-refractivity contribution in [2.24, 2.45) is 17.8 Å². The van der Waals surface area contributed by atoms with Crippen LogP contribution in [0.5, 0.6) is 0 Å². The highest BCUT2D eigenvalue weighted by atomic mass is 35.5. The number of methoxy groups -OCH3 is 1. The van der Waals surface area contributed by atoms with Gasteiger partial charge in [-0.1, -0.05) is 42.1 Å². The Kier molecular flexibility index (Phi) is 9.13. The maximum Gasteiger partial charge on any atom is 0.0602 e. The number of likely N-dealkylation sites (tertiary alicyclic amines) is 2. The number of nitrogens with zero attached hydrogens (tertiary/aromatic N) is 2. The van der Waals surface area contributed by atoms with Crippen molar-refractivity contribution in [3.05, 3.63) is 56.2 Å². The minimum absolute atomic E-state index is 0.486. The Bertz CT molecular complexity index is 925. The number of hydrogen-bond acceptors (Lipinski definition) is 4. The quantitative estimate of drug-likeness (QED) is 0.329. The summed E-state index contributed by atoms with van der Waals surface area (Å²) in [6, 6.07) is 8.24. The van der Waals surface area contributed by atoms with Gasteiger partial charge in [-0.05, 0) is 103 Å². The standard InChI is InChI=1S/C29H40Cl2N2OS/c1-34-29(22-4-2-3-5-22)14-21-8-11-32(12-9-21)17-25-18-33(19-27(25)24-10-13-35-20-24)16-23-6-7-26(30)15-28(23)31/h6-7,10,13,15,20-22,25,27,29H,2-5,8-9,11-12,14,16-19H2,1H3. The number of hydrogen-bond donors (Lipinski definition) is 0. The normalized spacial score (nSPS) is 26.0. The second kappa shape index (κ2) is 12.3. The summed E-state index contributed by atoms with van der Waals surface area (Å²) < 4.78 is 5.97. The number of halogens is 2. The molecule has 0 amide bonds. The van der Waals surface area contributed by atoms with Gasteiger partial charge in [0.15, 0.2) is 0 Å². The third-order valence-corrected chi connectivity index (χ3v) is 10.2. The van der Waals surface area contributed by atoms with Crippen molar-refractivity contribution in [1.29, 1.82) is 0 Å². The minimum atomic E-state index is 0.486. The molecule has 1 aromatic heterocycles. The molecule has 3 aliphatic rings. The number of benzene rings is 1. The first-order valence-corrected chi connectivity index (χ1v) is 15.2. The molecule has 0 N–H and O–H groups in total. The number of thiophene rings is 1. The molecule has 2 aromatic rings. The average molecular weight is 536 g/mol. The summed E-state index contributed by atoms with van der Waals surface area (Å²) in [6.45, 7) is 6.81. The van der Waals surface area contributed by atoms with Gasteiger partial charge in [0.25, 0.3) is 0 Å². The molecule has 35 heavy (non-hydrogen) atoms. The summed E-state index contributed by atoms with van der Waals surface area (Å²) in [6.07, 6.45) is 9.96. The zero-order valence-electron chi connectivity index (χ0n) is 21.0. The van der Waals surface area contributed by atoms with Crippen molar-refractivity contribution in [2.75, 3.05) is 39.8 Å². The monoisotopic (exact) mass is 534 g/mol. The first kappa shape index (κ1) is 26.0. The van der Waals surface area contributed by atoms with Gasteiger partial charge in [-0.25, -0.2) is 0 Å². The van der Waals surface area contributed by atoms with E-state index in [4.69, 9.17) is 27.9 Å². The van der Waals surface area contributed by atoms with E-state index in [1.807, 2.05) is 30.6 Å². The lowest BCUT2D eigenvalue weighted by molar-refractivity contribution is 0.0235. The predicted molar refractivity (Wildman–Crippen MR) is 149 cm³/mol. The maximum absolute atomic E-state index is 6.51. The van der Waals surface area contributed by atoms with Crippen LogP contribution in [0.4, 0.5) is 0 Å². The van der Waals surface area contributed by atoms with Gasteiger partial charge in [-0.2, -0.15) is 11.3 Å². The van der Waals surface area contributed by atoms with Crippen molar-refractivity contribution in [3.63, 3.8) is 0 Å². The molecule has 0 radical (unpaired) electrons. The molecule has 2 saturated heterocycles. The molecule has 0 bridgehead atoms. The summed E-state index contributed by atoms with van der Waals surface area (Å²) in [5.41, 5.74) is 2.69. The fourth-order valence-electron chi connectivity index (χ4n) is 6.90. The largest absolute Gasteiger partial charge is 0.381 e. The fourth-order valence-corrected chi connectivity index (χ4v) is 8.10. The van der Waals surface area contributed by atoms with E-state index in [9.17, 15) is 0 Å². The van der Waals surface area contributed by atoms with E-state index in [0.717, 1.165) is 36.5 Å². The molecule has 192 valence electrons. The molecule has 3 fully saturated rings. The third-order valence-electron chi connectivity index (χ3n) is 8.89. The maximum atomic E-state index is 6.51. The molecule has 0 spiro atoms. The second-order valence-corrected chi connectivity index (χ2v) is 12.8. The van der Waals surface area contributed by atoms with Gasteiger partial charge >= 0.3 is 0 Å². The fraction of sp³-hybridized carbons (Fsp3) is 0.655. The summed E-state index contributed by atoms with van der Waals surface area (Å²) in [5.74, 6) is 2.90. The van der Waals surface area contributed by atoms with E-state index in [0.29, 0.717) is 23.0 Å². The van der Waals surface area contributed by atoms with Gasteiger partial charge < -0.3 is 9.64 Å². The van der Waals surface area contributed by atoms with Crippen LogP contribution < -0.4 is 0 Å².